The number of nitrogens with two attached hydrogens (primary N) is 1. The lowest BCUT2D eigenvalue weighted by atomic mass is 10.1. The largest absolute Gasteiger partial charge is 0.484 e. The number of aliphatic hydroxyl groups excluding tert-OH is 1. The molecule has 4 nitrogen and oxygen atoms in total. The van der Waals surface area contributed by atoms with Crippen molar-refractivity contribution in [2.24, 2.45) is 5.73 Å². The summed E-state index contributed by atoms with van der Waals surface area (Å²) in [7, 11) is 0. The van der Waals surface area contributed by atoms with E-state index in [1.807, 2.05) is 12.1 Å². The van der Waals surface area contributed by atoms with Gasteiger partial charge in [0.1, 0.15) is 5.75 Å². The van der Waals surface area contributed by atoms with E-state index >= 15 is 0 Å². The lowest BCUT2D eigenvalue weighted by Gasteiger charge is -2.06. The predicted octanol–water partition coefficient (Wildman–Crippen LogP) is 0.474. The summed E-state index contributed by atoms with van der Waals surface area (Å²) in [5, 5.41) is 9.16. The Morgan fingerprint density at radius 3 is 2.53 bits per heavy atom. The topological polar surface area (TPSA) is 72.6 Å². The normalized spacial score (nSPS) is 12.1. The highest BCUT2D eigenvalue weighted by molar-refractivity contribution is 5.75. The first-order valence-electron chi connectivity index (χ1n) is 4.76. The van der Waals surface area contributed by atoms with E-state index in [1.54, 1.807) is 19.1 Å². The zero-order chi connectivity index (χ0) is 11.3. The predicted molar refractivity (Wildman–Crippen MR) is 56.5 cm³/mol. The van der Waals surface area contributed by atoms with Crippen LogP contribution >= 0.6 is 0 Å². The van der Waals surface area contributed by atoms with Crippen LogP contribution in [0.15, 0.2) is 24.3 Å². The summed E-state index contributed by atoms with van der Waals surface area (Å²) in [6.45, 7) is 1.62. The molecule has 1 aromatic carbocycles. The molecule has 0 aliphatic heterocycles. The van der Waals surface area contributed by atoms with Gasteiger partial charge in [-0.2, -0.15) is 0 Å². The summed E-state index contributed by atoms with van der Waals surface area (Å²) in [5.74, 6) is 0.103. The molecule has 1 rings (SSSR count). The molecular formula is C11H15NO3. The maximum atomic E-state index is 10.4. The molecular weight excluding hydrogens is 194 g/mol. The summed E-state index contributed by atoms with van der Waals surface area (Å²) in [5.41, 5.74) is 5.96. The SMILES string of the molecule is CC(O)Cc1ccc(OCC(N)=O)cc1. The number of aliphatic hydroxyl groups is 1. The van der Waals surface area contributed by atoms with Crippen molar-refractivity contribution < 1.29 is 14.6 Å². The first-order chi connectivity index (χ1) is 7.08. The van der Waals surface area contributed by atoms with E-state index in [0.717, 1.165) is 5.56 Å². The molecule has 82 valence electrons. The van der Waals surface area contributed by atoms with Gasteiger partial charge in [-0.25, -0.2) is 0 Å². The number of rotatable bonds is 5. The van der Waals surface area contributed by atoms with E-state index < -0.39 is 5.91 Å². The third-order valence-electron chi connectivity index (χ3n) is 1.84. The van der Waals surface area contributed by atoms with Gasteiger partial charge in [0.25, 0.3) is 5.91 Å². The average molecular weight is 209 g/mol. The summed E-state index contributed by atoms with van der Waals surface area (Å²) >= 11 is 0. The van der Waals surface area contributed by atoms with Gasteiger partial charge in [0.05, 0.1) is 6.10 Å². The highest BCUT2D eigenvalue weighted by atomic mass is 16.5. The number of benzene rings is 1. The molecule has 4 heteroatoms. The monoisotopic (exact) mass is 209 g/mol. The second kappa shape index (κ2) is 5.36. The second-order valence-corrected chi connectivity index (χ2v) is 3.45. The number of amides is 1. The van der Waals surface area contributed by atoms with Crippen LogP contribution in [0.4, 0.5) is 0 Å². The molecule has 1 atom stereocenters. The first-order valence-corrected chi connectivity index (χ1v) is 4.76. The van der Waals surface area contributed by atoms with Gasteiger partial charge in [-0.15, -0.1) is 0 Å². The molecule has 0 spiro atoms. The van der Waals surface area contributed by atoms with Crippen LogP contribution in [0.1, 0.15) is 12.5 Å². The fraction of sp³-hybridized carbons (Fsp3) is 0.364. The van der Waals surface area contributed by atoms with Crippen molar-refractivity contribution in [2.75, 3.05) is 6.61 Å². The minimum absolute atomic E-state index is 0.115. The summed E-state index contributed by atoms with van der Waals surface area (Å²) in [4.78, 5) is 10.4. The van der Waals surface area contributed by atoms with Gasteiger partial charge in [-0.05, 0) is 31.0 Å². The molecule has 0 bridgehead atoms. The second-order valence-electron chi connectivity index (χ2n) is 3.45. The molecule has 0 radical (unpaired) electrons. The molecule has 15 heavy (non-hydrogen) atoms. The Morgan fingerprint density at radius 2 is 2.07 bits per heavy atom. The number of carbonyl (C=O) groups is 1. The van der Waals surface area contributed by atoms with Gasteiger partial charge >= 0.3 is 0 Å². The zero-order valence-electron chi connectivity index (χ0n) is 8.64. The van der Waals surface area contributed by atoms with Crippen molar-refractivity contribution in [3.8, 4) is 5.75 Å². The van der Waals surface area contributed by atoms with Crippen LogP contribution in [-0.4, -0.2) is 23.7 Å². The molecule has 0 fully saturated rings. The van der Waals surface area contributed by atoms with Crippen molar-refractivity contribution in [1.82, 2.24) is 0 Å². The van der Waals surface area contributed by atoms with Gasteiger partial charge in [-0.1, -0.05) is 12.1 Å². The molecule has 3 N–H and O–H groups in total. The third-order valence-corrected chi connectivity index (χ3v) is 1.84. The van der Waals surface area contributed by atoms with E-state index in [2.05, 4.69) is 0 Å². The standard InChI is InChI=1S/C11H15NO3/c1-8(13)6-9-2-4-10(5-3-9)15-7-11(12)14/h2-5,8,13H,6-7H2,1H3,(H2,12,14). The highest BCUT2D eigenvalue weighted by Crippen LogP contribution is 2.13. The molecule has 0 heterocycles. The lowest BCUT2D eigenvalue weighted by Crippen LogP contribution is -2.20. The van der Waals surface area contributed by atoms with E-state index in [1.165, 1.54) is 0 Å². The van der Waals surface area contributed by atoms with Crippen molar-refractivity contribution in [3.63, 3.8) is 0 Å². The van der Waals surface area contributed by atoms with Crippen LogP contribution in [0.3, 0.4) is 0 Å². The van der Waals surface area contributed by atoms with Crippen LogP contribution < -0.4 is 10.5 Å². The van der Waals surface area contributed by atoms with Crippen molar-refractivity contribution >= 4 is 5.91 Å². The minimum atomic E-state index is -0.497. The number of primary amides is 1. The molecule has 0 aliphatic carbocycles. The Labute approximate surface area is 88.7 Å². The van der Waals surface area contributed by atoms with E-state index in [0.29, 0.717) is 12.2 Å². The quantitative estimate of drug-likeness (QED) is 0.740. The Balaban J connectivity index is 2.52. The van der Waals surface area contributed by atoms with Crippen molar-refractivity contribution in [3.05, 3.63) is 29.8 Å². The van der Waals surface area contributed by atoms with Crippen molar-refractivity contribution in [2.45, 2.75) is 19.4 Å². The van der Waals surface area contributed by atoms with E-state index in [-0.39, 0.29) is 12.7 Å². The fourth-order valence-electron chi connectivity index (χ4n) is 1.22. The van der Waals surface area contributed by atoms with Gasteiger partial charge in [-0.3, -0.25) is 4.79 Å². The van der Waals surface area contributed by atoms with Crippen LogP contribution in [0.25, 0.3) is 0 Å². The van der Waals surface area contributed by atoms with Crippen LogP contribution in [0, 0.1) is 0 Å². The Morgan fingerprint density at radius 1 is 1.47 bits per heavy atom. The highest BCUT2D eigenvalue weighted by Gasteiger charge is 2.00. The van der Waals surface area contributed by atoms with Crippen LogP contribution in [-0.2, 0) is 11.2 Å². The average Bonchev–Trinajstić information content (AvgIpc) is 2.16. The van der Waals surface area contributed by atoms with Gasteiger partial charge in [0.2, 0.25) is 0 Å². The molecule has 0 aliphatic rings. The van der Waals surface area contributed by atoms with Crippen molar-refractivity contribution in [1.29, 1.82) is 0 Å². The molecule has 1 aromatic rings. The Kier molecular flexibility index (Phi) is 4.12. The molecule has 1 unspecified atom stereocenters. The Hall–Kier alpha value is -1.55. The maximum Gasteiger partial charge on any atom is 0.255 e. The lowest BCUT2D eigenvalue weighted by molar-refractivity contribution is -0.119. The molecule has 1 amide bonds. The first kappa shape index (κ1) is 11.5. The van der Waals surface area contributed by atoms with Crippen LogP contribution in [0.5, 0.6) is 5.75 Å². The number of carbonyl (C=O) groups excluding carboxylic acids is 1. The molecule has 0 aromatic heterocycles. The molecule has 0 saturated carbocycles. The van der Waals surface area contributed by atoms with Gasteiger partial charge < -0.3 is 15.6 Å². The van der Waals surface area contributed by atoms with Gasteiger partial charge in [0.15, 0.2) is 6.61 Å². The zero-order valence-corrected chi connectivity index (χ0v) is 8.64. The summed E-state index contributed by atoms with van der Waals surface area (Å²) < 4.78 is 5.09. The smallest absolute Gasteiger partial charge is 0.255 e. The minimum Gasteiger partial charge on any atom is -0.484 e. The fourth-order valence-corrected chi connectivity index (χ4v) is 1.22. The number of ether oxygens (including phenoxy) is 1. The molecule has 0 saturated heterocycles. The third kappa shape index (κ3) is 4.46. The number of hydrogen-bond donors (Lipinski definition) is 2. The number of hydrogen-bond acceptors (Lipinski definition) is 3. The van der Waals surface area contributed by atoms with E-state index in [4.69, 9.17) is 15.6 Å². The summed E-state index contributed by atoms with van der Waals surface area (Å²) in [6.07, 6.45) is 0.248. The van der Waals surface area contributed by atoms with E-state index in [9.17, 15) is 4.79 Å². The maximum absolute atomic E-state index is 10.4. The Bertz CT molecular complexity index is 319. The van der Waals surface area contributed by atoms with Gasteiger partial charge in [0, 0.05) is 0 Å². The summed E-state index contributed by atoms with van der Waals surface area (Å²) in [6, 6.07) is 7.20. The van der Waals surface area contributed by atoms with Crippen LogP contribution in [0.2, 0.25) is 0 Å².